The third-order valence-electron chi connectivity index (χ3n) is 2.65. The van der Waals surface area contributed by atoms with Crippen molar-refractivity contribution < 1.29 is 4.79 Å². The Morgan fingerprint density at radius 1 is 1.09 bits per heavy atom. The molecule has 0 unspecified atom stereocenters. The molecule has 0 atom stereocenters. The van der Waals surface area contributed by atoms with Crippen LogP contribution in [0.4, 0.5) is 5.69 Å². The fourth-order valence-electron chi connectivity index (χ4n) is 1.72. The van der Waals surface area contributed by atoms with E-state index in [0.717, 1.165) is 36.6 Å². The van der Waals surface area contributed by atoms with Crippen molar-refractivity contribution in [3.63, 3.8) is 0 Å². The number of anilines is 1. The van der Waals surface area contributed by atoms with E-state index in [0.29, 0.717) is 6.54 Å². The zero-order valence-electron chi connectivity index (χ0n) is 16.5. The lowest BCUT2D eigenvalue weighted by Gasteiger charge is -2.12. The standard InChI is InChI=1S/C14H22N2O.C4H10.C2H6/c1-4-9-16-13-8-7-12(10-11(13)5-2)14(17)15-6-3;1-4(2)3;1-2/h7-8,10,16H,4-6,9H2,1-3H3,(H,15,17);4H,1-3H3;1-2H3. The Hall–Kier alpha value is -1.51. The number of rotatable bonds is 6. The van der Waals surface area contributed by atoms with Gasteiger partial charge in [0.05, 0.1) is 0 Å². The Labute approximate surface area is 144 Å². The summed E-state index contributed by atoms with van der Waals surface area (Å²) in [5, 5.41) is 6.20. The minimum Gasteiger partial charge on any atom is -0.385 e. The molecule has 3 nitrogen and oxygen atoms in total. The van der Waals surface area contributed by atoms with Crippen molar-refractivity contribution >= 4 is 11.6 Å². The first-order valence-corrected chi connectivity index (χ1v) is 9.11. The molecule has 0 aliphatic heterocycles. The molecule has 0 aromatic heterocycles. The van der Waals surface area contributed by atoms with Gasteiger partial charge in [-0.15, -0.1) is 0 Å². The van der Waals surface area contributed by atoms with Crippen LogP contribution in [0.1, 0.15) is 77.7 Å². The number of hydrogen-bond acceptors (Lipinski definition) is 2. The molecule has 1 aromatic carbocycles. The quantitative estimate of drug-likeness (QED) is 0.725. The van der Waals surface area contributed by atoms with Crippen molar-refractivity contribution in [1.82, 2.24) is 5.32 Å². The molecular formula is C20H38N2O. The van der Waals surface area contributed by atoms with Crippen LogP contribution in [-0.2, 0) is 6.42 Å². The SMILES string of the molecule is CC.CC(C)C.CCCNc1ccc(C(=O)NCC)cc1CC. The van der Waals surface area contributed by atoms with Crippen LogP contribution in [0.5, 0.6) is 0 Å². The van der Waals surface area contributed by atoms with E-state index >= 15 is 0 Å². The summed E-state index contributed by atoms with van der Waals surface area (Å²) in [6.45, 7) is 18.3. The summed E-state index contributed by atoms with van der Waals surface area (Å²) < 4.78 is 0. The first-order chi connectivity index (χ1) is 11.0. The number of hydrogen-bond donors (Lipinski definition) is 2. The van der Waals surface area contributed by atoms with Crippen LogP contribution in [0.25, 0.3) is 0 Å². The zero-order valence-corrected chi connectivity index (χ0v) is 16.5. The molecule has 0 bridgehead atoms. The molecule has 1 amide bonds. The maximum atomic E-state index is 11.7. The Morgan fingerprint density at radius 2 is 1.65 bits per heavy atom. The molecule has 0 saturated heterocycles. The lowest BCUT2D eigenvalue weighted by molar-refractivity contribution is 0.0956. The molecule has 0 fully saturated rings. The van der Waals surface area contributed by atoms with Crippen molar-refractivity contribution in [3.8, 4) is 0 Å². The maximum Gasteiger partial charge on any atom is 0.251 e. The minimum absolute atomic E-state index is 0.00393. The first-order valence-electron chi connectivity index (χ1n) is 9.11. The molecule has 0 aliphatic rings. The van der Waals surface area contributed by atoms with Gasteiger partial charge in [0, 0.05) is 24.3 Å². The van der Waals surface area contributed by atoms with Crippen LogP contribution < -0.4 is 10.6 Å². The van der Waals surface area contributed by atoms with Crippen LogP contribution in [0.15, 0.2) is 18.2 Å². The van der Waals surface area contributed by atoms with Crippen molar-refractivity contribution in [2.45, 2.75) is 68.2 Å². The van der Waals surface area contributed by atoms with Crippen LogP contribution in [0, 0.1) is 5.92 Å². The van der Waals surface area contributed by atoms with Crippen molar-refractivity contribution in [1.29, 1.82) is 0 Å². The van der Waals surface area contributed by atoms with Gasteiger partial charge in [0.25, 0.3) is 5.91 Å². The molecule has 0 heterocycles. The fraction of sp³-hybridized carbons (Fsp3) is 0.650. The predicted octanol–water partition coefficient (Wildman–Crippen LogP) is 5.51. The van der Waals surface area contributed by atoms with E-state index in [-0.39, 0.29) is 5.91 Å². The van der Waals surface area contributed by atoms with Crippen LogP contribution in [0.3, 0.4) is 0 Å². The molecule has 23 heavy (non-hydrogen) atoms. The van der Waals surface area contributed by atoms with Gasteiger partial charge >= 0.3 is 0 Å². The van der Waals surface area contributed by atoms with Crippen LogP contribution >= 0.6 is 0 Å². The lowest BCUT2D eigenvalue weighted by Crippen LogP contribution is -2.22. The second kappa shape index (κ2) is 15.4. The van der Waals surface area contributed by atoms with Gasteiger partial charge in [0.15, 0.2) is 0 Å². The van der Waals surface area contributed by atoms with E-state index in [2.05, 4.69) is 45.3 Å². The Balaban J connectivity index is 0. The molecule has 134 valence electrons. The van der Waals surface area contributed by atoms with Gasteiger partial charge in [-0.3, -0.25) is 4.79 Å². The molecule has 0 aliphatic carbocycles. The van der Waals surface area contributed by atoms with Gasteiger partial charge < -0.3 is 10.6 Å². The second-order valence-corrected chi connectivity index (χ2v) is 5.74. The highest BCUT2D eigenvalue weighted by molar-refractivity contribution is 5.94. The van der Waals surface area contributed by atoms with Crippen LogP contribution in [-0.4, -0.2) is 19.0 Å². The van der Waals surface area contributed by atoms with Gasteiger partial charge in [0.1, 0.15) is 0 Å². The molecule has 1 aromatic rings. The molecule has 0 radical (unpaired) electrons. The van der Waals surface area contributed by atoms with E-state index in [1.165, 1.54) is 5.56 Å². The van der Waals surface area contributed by atoms with Gasteiger partial charge in [-0.05, 0) is 49.4 Å². The summed E-state index contributed by atoms with van der Waals surface area (Å²) in [6.07, 6.45) is 2.03. The van der Waals surface area contributed by atoms with E-state index in [1.54, 1.807) is 0 Å². The third-order valence-corrected chi connectivity index (χ3v) is 2.65. The Bertz CT molecular complexity index is 411. The topological polar surface area (TPSA) is 41.1 Å². The normalized spacial score (nSPS) is 9.26. The minimum atomic E-state index is 0.00393. The van der Waals surface area contributed by atoms with Gasteiger partial charge in [-0.2, -0.15) is 0 Å². The molecular weight excluding hydrogens is 284 g/mol. The van der Waals surface area contributed by atoms with E-state index in [9.17, 15) is 4.79 Å². The summed E-state index contributed by atoms with van der Waals surface area (Å²) in [5.41, 5.74) is 3.08. The number of amides is 1. The largest absolute Gasteiger partial charge is 0.385 e. The van der Waals surface area contributed by atoms with E-state index in [1.807, 2.05) is 39.0 Å². The van der Waals surface area contributed by atoms with Crippen molar-refractivity contribution in [2.75, 3.05) is 18.4 Å². The monoisotopic (exact) mass is 322 g/mol. The average Bonchev–Trinajstić information content (AvgIpc) is 2.54. The highest BCUT2D eigenvalue weighted by Crippen LogP contribution is 2.18. The number of aryl methyl sites for hydroxylation is 1. The molecule has 1 rings (SSSR count). The smallest absolute Gasteiger partial charge is 0.251 e. The highest BCUT2D eigenvalue weighted by atomic mass is 16.1. The highest BCUT2D eigenvalue weighted by Gasteiger charge is 2.07. The fourth-order valence-corrected chi connectivity index (χ4v) is 1.72. The van der Waals surface area contributed by atoms with Gasteiger partial charge in [-0.25, -0.2) is 0 Å². The molecule has 0 spiro atoms. The van der Waals surface area contributed by atoms with Gasteiger partial charge in [-0.1, -0.05) is 48.5 Å². The first kappa shape index (κ1) is 23.8. The summed E-state index contributed by atoms with van der Waals surface area (Å²) >= 11 is 0. The van der Waals surface area contributed by atoms with Gasteiger partial charge in [0.2, 0.25) is 0 Å². The zero-order chi connectivity index (χ0) is 18.3. The number of nitrogens with one attached hydrogen (secondary N) is 2. The summed E-state index contributed by atoms with van der Waals surface area (Å²) in [7, 11) is 0. The molecule has 0 saturated carbocycles. The molecule has 2 N–H and O–H groups in total. The van der Waals surface area contributed by atoms with Crippen molar-refractivity contribution in [2.24, 2.45) is 5.92 Å². The summed E-state index contributed by atoms with van der Waals surface area (Å²) in [4.78, 5) is 11.7. The lowest BCUT2D eigenvalue weighted by atomic mass is 10.1. The molecule has 3 heteroatoms. The third kappa shape index (κ3) is 11.7. The van der Waals surface area contributed by atoms with E-state index < -0.39 is 0 Å². The number of benzene rings is 1. The number of carbonyl (C=O) groups is 1. The van der Waals surface area contributed by atoms with Crippen molar-refractivity contribution in [3.05, 3.63) is 29.3 Å². The number of carbonyl (C=O) groups excluding carboxylic acids is 1. The average molecular weight is 323 g/mol. The predicted molar refractivity (Wildman–Crippen MR) is 104 cm³/mol. The van der Waals surface area contributed by atoms with Crippen LogP contribution in [0.2, 0.25) is 0 Å². The summed E-state index contributed by atoms with van der Waals surface area (Å²) in [6, 6.07) is 5.85. The Kier molecular flexibility index (Phi) is 15.9. The maximum absolute atomic E-state index is 11.7. The Morgan fingerprint density at radius 3 is 2.09 bits per heavy atom. The second-order valence-electron chi connectivity index (χ2n) is 5.74. The van der Waals surface area contributed by atoms with E-state index in [4.69, 9.17) is 0 Å². The summed E-state index contributed by atoms with van der Waals surface area (Å²) in [5.74, 6) is 0.837.